The first-order valence-electron chi connectivity index (χ1n) is 15.7. The molecule has 5 aromatic rings. The number of carbonyl (C=O) groups excluding carboxylic acids is 2. The van der Waals surface area contributed by atoms with Crippen LogP contribution >= 0.6 is 11.3 Å². The second-order valence-corrected chi connectivity index (χ2v) is 13.4. The number of carbonyl (C=O) groups is 2. The number of nitrogens with one attached hydrogen (secondary N) is 2. The Hall–Kier alpha value is -4.90. The van der Waals surface area contributed by atoms with Gasteiger partial charge in [-0.3, -0.25) is 14.6 Å². The molecule has 47 heavy (non-hydrogen) atoms. The molecule has 2 atom stereocenters. The molecule has 2 aromatic carbocycles. The SMILES string of the molecule is COc1cccc2c1CC[C@@H]2NC(=O)c1ccc(-c2c3c(nc(CCc4ccc(F)cc4)c2-c2nnc(C)o2)[C@H](C(C)C)NC3=O)s1. The van der Waals surface area contributed by atoms with Crippen LogP contribution < -0.4 is 15.4 Å². The van der Waals surface area contributed by atoms with Gasteiger partial charge in [0, 0.05) is 17.4 Å². The fraction of sp³-hybridized carbons (Fsp3) is 0.306. The molecule has 0 saturated carbocycles. The highest BCUT2D eigenvalue weighted by Gasteiger charge is 2.39. The molecule has 2 amide bonds. The summed E-state index contributed by atoms with van der Waals surface area (Å²) in [4.78, 5) is 33.7. The number of benzene rings is 2. The van der Waals surface area contributed by atoms with Gasteiger partial charge in [0.05, 0.1) is 46.6 Å². The lowest BCUT2D eigenvalue weighted by Gasteiger charge is -2.18. The van der Waals surface area contributed by atoms with Gasteiger partial charge in [0.2, 0.25) is 11.8 Å². The number of hydrogen-bond acceptors (Lipinski definition) is 8. The number of methoxy groups -OCH3 is 1. The summed E-state index contributed by atoms with van der Waals surface area (Å²) in [6.07, 6.45) is 2.66. The molecule has 2 N–H and O–H groups in total. The highest BCUT2D eigenvalue weighted by atomic mass is 32.1. The Bertz CT molecular complexity index is 2000. The van der Waals surface area contributed by atoms with Crippen LogP contribution in [0.4, 0.5) is 4.39 Å². The quantitative estimate of drug-likeness (QED) is 0.177. The van der Waals surface area contributed by atoms with E-state index in [9.17, 15) is 14.0 Å². The molecule has 11 heteroatoms. The van der Waals surface area contributed by atoms with E-state index in [0.29, 0.717) is 51.7 Å². The minimum Gasteiger partial charge on any atom is -0.496 e. The Kier molecular flexibility index (Phi) is 8.09. The lowest BCUT2D eigenvalue weighted by Crippen LogP contribution is -2.26. The van der Waals surface area contributed by atoms with Crippen molar-refractivity contribution in [2.75, 3.05) is 7.11 Å². The smallest absolute Gasteiger partial charge is 0.261 e. The maximum atomic E-state index is 13.7. The van der Waals surface area contributed by atoms with Gasteiger partial charge in [0.1, 0.15) is 11.6 Å². The third-order valence-corrected chi connectivity index (χ3v) is 10.0. The number of fused-ring (bicyclic) bond motifs is 2. The van der Waals surface area contributed by atoms with E-state index in [0.717, 1.165) is 40.2 Å². The summed E-state index contributed by atoms with van der Waals surface area (Å²) in [6, 6.07) is 15.5. The van der Waals surface area contributed by atoms with Gasteiger partial charge in [-0.05, 0) is 78.6 Å². The number of rotatable bonds is 9. The summed E-state index contributed by atoms with van der Waals surface area (Å²) < 4.78 is 25.2. The zero-order valence-corrected chi connectivity index (χ0v) is 27.3. The van der Waals surface area contributed by atoms with Gasteiger partial charge >= 0.3 is 0 Å². The van der Waals surface area contributed by atoms with E-state index in [4.69, 9.17) is 14.1 Å². The molecule has 1 aliphatic carbocycles. The average Bonchev–Trinajstić information content (AvgIpc) is 3.87. The number of nitrogens with zero attached hydrogens (tertiary/aromatic N) is 3. The van der Waals surface area contributed by atoms with Gasteiger partial charge in [-0.15, -0.1) is 21.5 Å². The topological polar surface area (TPSA) is 119 Å². The molecule has 0 radical (unpaired) electrons. The Morgan fingerprint density at radius 2 is 1.89 bits per heavy atom. The molecule has 240 valence electrons. The van der Waals surface area contributed by atoms with Crippen LogP contribution in [-0.2, 0) is 19.3 Å². The van der Waals surface area contributed by atoms with E-state index < -0.39 is 0 Å². The van der Waals surface area contributed by atoms with E-state index >= 15 is 0 Å². The van der Waals surface area contributed by atoms with Crippen molar-refractivity contribution in [2.24, 2.45) is 5.92 Å². The first kappa shape index (κ1) is 30.7. The van der Waals surface area contributed by atoms with Gasteiger partial charge in [-0.25, -0.2) is 4.39 Å². The van der Waals surface area contributed by atoms with Crippen LogP contribution in [0, 0.1) is 18.7 Å². The summed E-state index contributed by atoms with van der Waals surface area (Å²) in [6.45, 7) is 5.79. The van der Waals surface area contributed by atoms with Gasteiger partial charge < -0.3 is 19.8 Å². The zero-order chi connectivity index (χ0) is 32.8. The molecular formula is C36H34FN5O4S. The lowest BCUT2D eigenvalue weighted by molar-refractivity contribution is 0.0936. The first-order valence-corrected chi connectivity index (χ1v) is 16.5. The summed E-state index contributed by atoms with van der Waals surface area (Å²) in [5.74, 6) is 0.815. The normalized spacial score (nSPS) is 16.7. The van der Waals surface area contributed by atoms with Crippen LogP contribution in [0.1, 0.15) is 86.4 Å². The molecule has 0 saturated heterocycles. The Labute approximate surface area is 275 Å². The zero-order valence-electron chi connectivity index (χ0n) is 26.5. The average molecular weight is 652 g/mol. The number of aromatic nitrogens is 3. The van der Waals surface area contributed by atoms with Crippen molar-refractivity contribution in [1.29, 1.82) is 0 Å². The molecule has 0 fully saturated rings. The van der Waals surface area contributed by atoms with Crippen molar-refractivity contribution in [2.45, 2.75) is 58.5 Å². The predicted octanol–water partition coefficient (Wildman–Crippen LogP) is 6.96. The van der Waals surface area contributed by atoms with Gasteiger partial charge in [0.25, 0.3) is 11.8 Å². The molecule has 3 aromatic heterocycles. The van der Waals surface area contributed by atoms with Crippen LogP contribution in [0.2, 0.25) is 0 Å². The fourth-order valence-electron chi connectivity index (χ4n) is 6.63. The molecule has 0 bridgehead atoms. The molecule has 2 aliphatic rings. The van der Waals surface area contributed by atoms with E-state index in [2.05, 4.69) is 20.8 Å². The molecule has 0 unspecified atom stereocenters. The molecule has 9 nitrogen and oxygen atoms in total. The van der Waals surface area contributed by atoms with Crippen molar-refractivity contribution < 1.29 is 23.1 Å². The summed E-state index contributed by atoms with van der Waals surface area (Å²) in [5.41, 5.74) is 6.11. The summed E-state index contributed by atoms with van der Waals surface area (Å²) >= 11 is 1.31. The van der Waals surface area contributed by atoms with Crippen molar-refractivity contribution in [3.63, 3.8) is 0 Å². The van der Waals surface area contributed by atoms with Crippen LogP contribution in [0.25, 0.3) is 21.9 Å². The predicted molar refractivity (Wildman–Crippen MR) is 176 cm³/mol. The molecule has 7 rings (SSSR count). The Balaban J connectivity index is 1.31. The summed E-state index contributed by atoms with van der Waals surface area (Å²) in [5, 5.41) is 14.8. The van der Waals surface area contributed by atoms with Crippen molar-refractivity contribution in [3.05, 3.63) is 105 Å². The van der Waals surface area contributed by atoms with E-state index in [1.807, 2.05) is 38.1 Å². The van der Waals surface area contributed by atoms with Gasteiger partial charge in [-0.2, -0.15) is 0 Å². The molecule has 0 spiro atoms. The number of halogens is 1. The number of amides is 2. The number of thiophene rings is 1. The highest BCUT2D eigenvalue weighted by Crippen LogP contribution is 2.45. The number of aryl methyl sites for hydroxylation is 3. The molecule has 1 aliphatic heterocycles. The van der Waals surface area contributed by atoms with Crippen molar-refractivity contribution >= 4 is 23.2 Å². The number of ether oxygens (including phenoxy) is 1. The molecule has 4 heterocycles. The van der Waals surface area contributed by atoms with E-state index in [1.165, 1.54) is 23.5 Å². The Morgan fingerprint density at radius 3 is 2.62 bits per heavy atom. The van der Waals surface area contributed by atoms with Crippen LogP contribution in [-0.4, -0.2) is 34.1 Å². The third-order valence-electron chi connectivity index (χ3n) is 8.91. The fourth-order valence-corrected chi connectivity index (χ4v) is 7.60. The third kappa shape index (κ3) is 5.69. The number of pyridine rings is 1. The summed E-state index contributed by atoms with van der Waals surface area (Å²) in [7, 11) is 1.66. The highest BCUT2D eigenvalue weighted by molar-refractivity contribution is 7.17. The second-order valence-electron chi connectivity index (χ2n) is 12.3. The van der Waals surface area contributed by atoms with Gasteiger partial charge in [-0.1, -0.05) is 38.1 Å². The maximum absolute atomic E-state index is 13.7. The monoisotopic (exact) mass is 651 g/mol. The standard InChI is InChI=1S/C36H34FN5O4S/c1-18(2)32-33-31(35(44)40-32)30(29(36-42-41-19(3)46-36)25(38-33)14-10-20-8-11-21(37)12-9-20)27-16-17-28(47-27)34(43)39-24-15-13-23-22(24)6-5-7-26(23)45-4/h5-9,11-12,16-18,24,32H,10,13-15H2,1-4H3,(H,39,43)(H,40,44)/t24-,32-/m0/s1. The number of hydrogen-bond donors (Lipinski definition) is 2. The minimum absolute atomic E-state index is 0.0829. The maximum Gasteiger partial charge on any atom is 0.261 e. The van der Waals surface area contributed by atoms with Crippen LogP contribution in [0.15, 0.2) is 59.0 Å². The van der Waals surface area contributed by atoms with Crippen LogP contribution in [0.3, 0.4) is 0 Å². The lowest BCUT2D eigenvalue weighted by atomic mass is 9.92. The Morgan fingerprint density at radius 1 is 1.09 bits per heavy atom. The van der Waals surface area contributed by atoms with Crippen LogP contribution in [0.5, 0.6) is 5.75 Å². The minimum atomic E-state index is -0.299. The molecular weight excluding hydrogens is 617 g/mol. The largest absolute Gasteiger partial charge is 0.496 e. The van der Waals surface area contributed by atoms with Gasteiger partial charge in [0.15, 0.2) is 0 Å². The van der Waals surface area contributed by atoms with E-state index in [-0.39, 0.29) is 41.5 Å². The van der Waals surface area contributed by atoms with E-state index in [1.54, 1.807) is 32.2 Å². The second kappa shape index (κ2) is 12.4. The van der Waals surface area contributed by atoms with Crippen molar-refractivity contribution in [3.8, 4) is 27.6 Å². The van der Waals surface area contributed by atoms with Crippen molar-refractivity contribution in [1.82, 2.24) is 25.8 Å². The first-order chi connectivity index (χ1) is 22.7.